The molecule has 1 amide bonds. The molecule has 2 aromatic carbocycles. The van der Waals surface area contributed by atoms with E-state index < -0.39 is 0 Å². The number of hydrogen-bond acceptors (Lipinski definition) is 2. The molecule has 2 aromatic rings. The molecule has 0 aromatic heterocycles. The number of amides is 1. The Balaban J connectivity index is 2.03. The fourth-order valence-electron chi connectivity index (χ4n) is 2.18. The molecule has 0 heterocycles. The zero-order valence-electron chi connectivity index (χ0n) is 12.2. The summed E-state index contributed by atoms with van der Waals surface area (Å²) < 4.78 is 0. The highest BCUT2D eigenvalue weighted by molar-refractivity contribution is 5.95. The zero-order valence-corrected chi connectivity index (χ0v) is 12.2. The minimum absolute atomic E-state index is 0.00578. The number of aryl methyl sites for hydroxylation is 2. The molecule has 20 heavy (non-hydrogen) atoms. The van der Waals surface area contributed by atoms with E-state index >= 15 is 0 Å². The van der Waals surface area contributed by atoms with Gasteiger partial charge in [-0.25, -0.2) is 0 Å². The number of rotatable bonds is 4. The number of anilines is 2. The number of carbonyl (C=O) groups is 1. The number of nitrogens with zero attached hydrogens (tertiary/aromatic N) is 1. The highest BCUT2D eigenvalue weighted by atomic mass is 16.2. The van der Waals surface area contributed by atoms with Gasteiger partial charge >= 0.3 is 0 Å². The van der Waals surface area contributed by atoms with E-state index in [1.54, 1.807) is 0 Å². The summed E-state index contributed by atoms with van der Waals surface area (Å²) in [5.74, 6) is -0.00578. The number of hydrogen-bond donors (Lipinski definition) is 1. The second-order valence-electron chi connectivity index (χ2n) is 5.01. The van der Waals surface area contributed by atoms with E-state index in [0.29, 0.717) is 6.54 Å². The smallest absolute Gasteiger partial charge is 0.243 e. The maximum absolute atomic E-state index is 12.1. The normalized spacial score (nSPS) is 10.2. The summed E-state index contributed by atoms with van der Waals surface area (Å²) in [6.45, 7) is 4.34. The summed E-state index contributed by atoms with van der Waals surface area (Å²) in [4.78, 5) is 14.1. The van der Waals surface area contributed by atoms with Crippen LogP contribution in [0.25, 0.3) is 0 Å². The Morgan fingerprint density at radius 2 is 1.60 bits per heavy atom. The number of nitrogens with one attached hydrogen (secondary N) is 1. The van der Waals surface area contributed by atoms with Crippen LogP contribution in [0.15, 0.2) is 48.5 Å². The van der Waals surface area contributed by atoms with E-state index in [4.69, 9.17) is 0 Å². The fraction of sp³-hybridized carbons (Fsp3) is 0.235. The van der Waals surface area contributed by atoms with Crippen molar-refractivity contribution in [3.05, 3.63) is 59.7 Å². The molecule has 3 nitrogen and oxygen atoms in total. The van der Waals surface area contributed by atoms with E-state index in [2.05, 4.69) is 5.32 Å². The molecule has 0 aliphatic carbocycles. The van der Waals surface area contributed by atoms with Crippen molar-refractivity contribution >= 4 is 17.3 Å². The van der Waals surface area contributed by atoms with E-state index in [0.717, 1.165) is 22.5 Å². The molecule has 0 unspecified atom stereocenters. The molecular weight excluding hydrogens is 248 g/mol. The van der Waals surface area contributed by atoms with Crippen LogP contribution in [0.2, 0.25) is 0 Å². The van der Waals surface area contributed by atoms with E-state index in [-0.39, 0.29) is 5.91 Å². The van der Waals surface area contributed by atoms with Gasteiger partial charge in [-0.2, -0.15) is 0 Å². The molecule has 2 rings (SSSR count). The standard InChI is InChI=1S/C17H20N2O/c1-13-8-7-9-14(2)17(13)18-16(20)12-19(3)15-10-5-4-6-11-15/h4-11H,12H2,1-3H3,(H,18,20). The van der Waals surface area contributed by atoms with Crippen molar-refractivity contribution in [1.29, 1.82) is 0 Å². The molecule has 0 aliphatic rings. The van der Waals surface area contributed by atoms with Crippen LogP contribution in [-0.2, 0) is 4.79 Å². The van der Waals surface area contributed by atoms with Crippen LogP contribution in [0.3, 0.4) is 0 Å². The molecule has 0 aliphatic heterocycles. The Hall–Kier alpha value is -2.29. The van der Waals surface area contributed by atoms with Crippen molar-refractivity contribution in [2.24, 2.45) is 0 Å². The average Bonchev–Trinajstić information content (AvgIpc) is 2.44. The molecule has 0 atom stereocenters. The van der Waals surface area contributed by atoms with Gasteiger partial charge in [-0.15, -0.1) is 0 Å². The Labute approximate surface area is 120 Å². The molecule has 0 spiro atoms. The van der Waals surface area contributed by atoms with E-state index in [9.17, 15) is 4.79 Å². The number of benzene rings is 2. The molecule has 0 bridgehead atoms. The molecule has 0 fully saturated rings. The zero-order chi connectivity index (χ0) is 14.5. The SMILES string of the molecule is Cc1cccc(C)c1NC(=O)CN(C)c1ccccc1. The number of likely N-dealkylation sites (N-methyl/N-ethyl adjacent to an activating group) is 1. The van der Waals surface area contributed by atoms with Crippen molar-refractivity contribution < 1.29 is 4.79 Å². The lowest BCUT2D eigenvalue weighted by atomic mass is 10.1. The van der Waals surface area contributed by atoms with Gasteiger partial charge in [-0.1, -0.05) is 36.4 Å². The average molecular weight is 268 g/mol. The van der Waals surface area contributed by atoms with Crippen molar-refractivity contribution in [3.63, 3.8) is 0 Å². The predicted molar refractivity (Wildman–Crippen MR) is 84.3 cm³/mol. The molecule has 1 N–H and O–H groups in total. The van der Waals surface area contributed by atoms with Crippen LogP contribution in [-0.4, -0.2) is 19.5 Å². The maximum atomic E-state index is 12.1. The molecule has 3 heteroatoms. The second kappa shape index (κ2) is 6.24. The minimum atomic E-state index is -0.00578. The van der Waals surface area contributed by atoms with Crippen LogP contribution < -0.4 is 10.2 Å². The summed E-state index contributed by atoms with van der Waals surface area (Å²) in [6.07, 6.45) is 0. The molecule has 0 saturated carbocycles. The van der Waals surface area contributed by atoms with Crippen molar-refractivity contribution in [1.82, 2.24) is 0 Å². The van der Waals surface area contributed by atoms with Gasteiger partial charge in [0.2, 0.25) is 5.91 Å². The largest absolute Gasteiger partial charge is 0.365 e. The van der Waals surface area contributed by atoms with Crippen LogP contribution in [0, 0.1) is 13.8 Å². The third-order valence-electron chi connectivity index (χ3n) is 3.32. The third kappa shape index (κ3) is 3.38. The lowest BCUT2D eigenvalue weighted by molar-refractivity contribution is -0.114. The Kier molecular flexibility index (Phi) is 4.41. The third-order valence-corrected chi connectivity index (χ3v) is 3.32. The van der Waals surface area contributed by atoms with E-state index in [1.807, 2.05) is 74.3 Å². The summed E-state index contributed by atoms with van der Waals surface area (Å²) in [5.41, 5.74) is 4.12. The topological polar surface area (TPSA) is 32.3 Å². The van der Waals surface area contributed by atoms with E-state index in [1.165, 1.54) is 0 Å². The first-order valence-corrected chi connectivity index (χ1v) is 6.70. The molecule has 104 valence electrons. The highest BCUT2D eigenvalue weighted by Crippen LogP contribution is 2.19. The number of para-hydroxylation sites is 2. The van der Waals surface area contributed by atoms with Gasteiger partial charge < -0.3 is 10.2 Å². The summed E-state index contributed by atoms with van der Waals surface area (Å²) in [7, 11) is 1.92. The van der Waals surface area contributed by atoms with Crippen LogP contribution >= 0.6 is 0 Å². The van der Waals surface area contributed by atoms with Gasteiger partial charge in [0.1, 0.15) is 0 Å². The van der Waals surface area contributed by atoms with Gasteiger partial charge in [-0.3, -0.25) is 4.79 Å². The van der Waals surface area contributed by atoms with Gasteiger partial charge in [-0.05, 0) is 37.1 Å². The van der Waals surface area contributed by atoms with Crippen molar-refractivity contribution in [2.45, 2.75) is 13.8 Å². The van der Waals surface area contributed by atoms with Crippen LogP contribution in [0.4, 0.5) is 11.4 Å². The Bertz CT molecular complexity index is 573. The van der Waals surface area contributed by atoms with Gasteiger partial charge in [0, 0.05) is 18.4 Å². The number of carbonyl (C=O) groups excluding carboxylic acids is 1. The molecular formula is C17H20N2O. The highest BCUT2D eigenvalue weighted by Gasteiger charge is 2.10. The van der Waals surface area contributed by atoms with Gasteiger partial charge in [0.05, 0.1) is 6.54 Å². The maximum Gasteiger partial charge on any atom is 0.243 e. The monoisotopic (exact) mass is 268 g/mol. The minimum Gasteiger partial charge on any atom is -0.365 e. The summed E-state index contributed by atoms with van der Waals surface area (Å²) >= 11 is 0. The first-order valence-electron chi connectivity index (χ1n) is 6.70. The quantitative estimate of drug-likeness (QED) is 0.922. The first kappa shape index (κ1) is 14.1. The predicted octanol–water partition coefficient (Wildman–Crippen LogP) is 3.38. The summed E-state index contributed by atoms with van der Waals surface area (Å²) in [5, 5.41) is 3.00. The lowest BCUT2D eigenvalue weighted by Gasteiger charge is -2.19. The summed E-state index contributed by atoms with van der Waals surface area (Å²) in [6, 6.07) is 15.9. The first-order chi connectivity index (χ1) is 9.58. The second-order valence-corrected chi connectivity index (χ2v) is 5.01. The van der Waals surface area contributed by atoms with Crippen molar-refractivity contribution in [2.75, 3.05) is 23.8 Å². The fourth-order valence-corrected chi connectivity index (χ4v) is 2.18. The van der Waals surface area contributed by atoms with Gasteiger partial charge in [0.25, 0.3) is 0 Å². The van der Waals surface area contributed by atoms with Crippen LogP contribution in [0.5, 0.6) is 0 Å². The molecule has 0 radical (unpaired) electrons. The van der Waals surface area contributed by atoms with Crippen molar-refractivity contribution in [3.8, 4) is 0 Å². The van der Waals surface area contributed by atoms with Gasteiger partial charge in [0.15, 0.2) is 0 Å². The lowest BCUT2D eigenvalue weighted by Crippen LogP contribution is -2.30. The molecule has 0 saturated heterocycles. The van der Waals surface area contributed by atoms with Crippen LogP contribution in [0.1, 0.15) is 11.1 Å². The Morgan fingerprint density at radius 3 is 2.20 bits per heavy atom. The Morgan fingerprint density at radius 1 is 1.00 bits per heavy atom.